The Morgan fingerprint density at radius 2 is 1.61 bits per heavy atom. The van der Waals surface area contributed by atoms with Crippen LogP contribution in [0.1, 0.15) is 25.0 Å². The summed E-state index contributed by atoms with van der Waals surface area (Å²) in [7, 11) is 0. The van der Waals surface area contributed by atoms with Crippen LogP contribution in [0.3, 0.4) is 0 Å². The van der Waals surface area contributed by atoms with Gasteiger partial charge in [0, 0.05) is 5.56 Å². The predicted molar refractivity (Wildman–Crippen MR) is 92.1 cm³/mol. The fourth-order valence-corrected chi connectivity index (χ4v) is 1.94. The quantitative estimate of drug-likeness (QED) is 0.627. The lowest BCUT2D eigenvalue weighted by Crippen LogP contribution is -1.99. The molecule has 2 aromatic carbocycles. The number of phenolic OH excluding ortho intramolecular Hbond substituents is 1. The molecule has 5 nitrogen and oxygen atoms in total. The van der Waals surface area contributed by atoms with E-state index in [0.717, 1.165) is 5.56 Å². The first-order chi connectivity index (χ1) is 11.2. The molecule has 0 unspecified atom stereocenters. The van der Waals surface area contributed by atoms with Gasteiger partial charge in [-0.25, -0.2) is 0 Å². The van der Waals surface area contributed by atoms with Gasteiger partial charge in [-0.3, -0.25) is 0 Å². The summed E-state index contributed by atoms with van der Waals surface area (Å²) >= 11 is 0. The maximum absolute atomic E-state index is 9.63. The Labute approximate surface area is 135 Å². The van der Waals surface area contributed by atoms with Crippen molar-refractivity contribution in [2.24, 2.45) is 10.2 Å². The second kappa shape index (κ2) is 8.58. The molecule has 0 spiro atoms. The van der Waals surface area contributed by atoms with E-state index in [2.05, 4.69) is 10.2 Å². The molecule has 0 amide bonds. The van der Waals surface area contributed by atoms with Gasteiger partial charge >= 0.3 is 0 Å². The zero-order chi connectivity index (χ0) is 16.5. The molecule has 23 heavy (non-hydrogen) atoms. The zero-order valence-corrected chi connectivity index (χ0v) is 13.3. The van der Waals surface area contributed by atoms with Crippen molar-refractivity contribution < 1.29 is 14.6 Å². The number of rotatable bonds is 7. The van der Waals surface area contributed by atoms with E-state index in [1.54, 1.807) is 24.4 Å². The average Bonchev–Trinajstić information content (AvgIpc) is 2.56. The summed E-state index contributed by atoms with van der Waals surface area (Å²) < 4.78 is 11.1. The number of aromatic hydroxyl groups is 1. The summed E-state index contributed by atoms with van der Waals surface area (Å²) in [5.74, 6) is 1.57. The van der Waals surface area contributed by atoms with E-state index < -0.39 is 0 Å². The molecule has 0 saturated heterocycles. The molecular formula is C18H20N2O3. The molecule has 5 heteroatoms. The number of phenols is 1. The van der Waals surface area contributed by atoms with Gasteiger partial charge in [-0.15, -0.1) is 0 Å². The van der Waals surface area contributed by atoms with Gasteiger partial charge in [-0.05, 0) is 49.7 Å². The second-order valence-electron chi connectivity index (χ2n) is 4.62. The molecule has 0 aliphatic carbocycles. The SMILES string of the molecule is CCOc1ccc(/C=N\N=C/c2ccccc2O)cc1OCC. The number of hydrogen-bond donors (Lipinski definition) is 1. The molecule has 0 radical (unpaired) electrons. The summed E-state index contributed by atoms with van der Waals surface area (Å²) in [6, 6.07) is 12.5. The van der Waals surface area contributed by atoms with Gasteiger partial charge in [0.1, 0.15) is 5.75 Å². The molecule has 0 fully saturated rings. The van der Waals surface area contributed by atoms with E-state index in [4.69, 9.17) is 9.47 Å². The van der Waals surface area contributed by atoms with Gasteiger partial charge in [0.15, 0.2) is 11.5 Å². The molecule has 0 atom stereocenters. The lowest BCUT2D eigenvalue weighted by Gasteiger charge is -2.10. The Balaban J connectivity index is 2.10. The largest absolute Gasteiger partial charge is 0.507 e. The van der Waals surface area contributed by atoms with E-state index >= 15 is 0 Å². The second-order valence-corrected chi connectivity index (χ2v) is 4.62. The molecule has 1 N–H and O–H groups in total. The van der Waals surface area contributed by atoms with Gasteiger partial charge in [0.05, 0.1) is 25.6 Å². The van der Waals surface area contributed by atoms with Gasteiger partial charge in [0.25, 0.3) is 0 Å². The highest BCUT2D eigenvalue weighted by atomic mass is 16.5. The third-order valence-electron chi connectivity index (χ3n) is 2.97. The maximum atomic E-state index is 9.63. The number of nitrogens with zero attached hydrogens (tertiary/aromatic N) is 2. The molecule has 0 aliphatic rings. The smallest absolute Gasteiger partial charge is 0.161 e. The van der Waals surface area contributed by atoms with Crippen LogP contribution in [-0.2, 0) is 0 Å². The minimum absolute atomic E-state index is 0.172. The van der Waals surface area contributed by atoms with E-state index in [-0.39, 0.29) is 5.75 Å². The molecular weight excluding hydrogens is 292 g/mol. The minimum atomic E-state index is 0.172. The van der Waals surface area contributed by atoms with Crippen molar-refractivity contribution in [3.05, 3.63) is 53.6 Å². The van der Waals surface area contributed by atoms with Crippen LogP contribution in [-0.4, -0.2) is 30.7 Å². The summed E-state index contributed by atoms with van der Waals surface area (Å²) in [5.41, 5.74) is 1.47. The van der Waals surface area contributed by atoms with Crippen LogP contribution >= 0.6 is 0 Å². The normalized spacial score (nSPS) is 11.2. The van der Waals surface area contributed by atoms with E-state index in [0.29, 0.717) is 30.3 Å². The Morgan fingerprint density at radius 1 is 0.913 bits per heavy atom. The van der Waals surface area contributed by atoms with Crippen LogP contribution in [0.5, 0.6) is 17.2 Å². The van der Waals surface area contributed by atoms with Crippen LogP contribution in [0.15, 0.2) is 52.7 Å². The average molecular weight is 312 g/mol. The van der Waals surface area contributed by atoms with Crippen LogP contribution in [0.25, 0.3) is 0 Å². The van der Waals surface area contributed by atoms with Crippen LogP contribution < -0.4 is 9.47 Å². The maximum Gasteiger partial charge on any atom is 0.161 e. The molecule has 0 bridgehead atoms. The van der Waals surface area contributed by atoms with E-state index in [1.807, 2.05) is 38.1 Å². The van der Waals surface area contributed by atoms with Crippen molar-refractivity contribution in [2.45, 2.75) is 13.8 Å². The molecule has 2 aromatic rings. The van der Waals surface area contributed by atoms with Gasteiger partial charge < -0.3 is 14.6 Å². The standard InChI is InChI=1S/C18H20N2O3/c1-3-22-17-10-9-14(11-18(17)23-4-2)12-19-20-13-15-7-5-6-8-16(15)21/h5-13,21H,3-4H2,1-2H3/b19-12-,20-13-. The first-order valence-corrected chi connectivity index (χ1v) is 7.48. The summed E-state index contributed by atoms with van der Waals surface area (Å²) in [4.78, 5) is 0. The van der Waals surface area contributed by atoms with Crippen LogP contribution in [0, 0.1) is 0 Å². The third kappa shape index (κ3) is 4.85. The Bertz CT molecular complexity index is 696. The highest BCUT2D eigenvalue weighted by Gasteiger charge is 2.04. The molecule has 0 aromatic heterocycles. The summed E-state index contributed by atoms with van der Waals surface area (Å²) in [6.45, 7) is 5.00. The molecule has 0 saturated carbocycles. The van der Waals surface area contributed by atoms with Crippen LogP contribution in [0.2, 0.25) is 0 Å². The first kappa shape index (κ1) is 16.5. The van der Waals surface area contributed by atoms with Crippen LogP contribution in [0.4, 0.5) is 0 Å². The highest BCUT2D eigenvalue weighted by Crippen LogP contribution is 2.28. The topological polar surface area (TPSA) is 63.4 Å². The molecule has 2 rings (SSSR count). The number of hydrogen-bond acceptors (Lipinski definition) is 5. The fraction of sp³-hybridized carbons (Fsp3) is 0.222. The van der Waals surface area contributed by atoms with Crippen molar-refractivity contribution in [2.75, 3.05) is 13.2 Å². The van der Waals surface area contributed by atoms with Gasteiger partial charge in [-0.2, -0.15) is 10.2 Å². The van der Waals surface area contributed by atoms with Gasteiger partial charge in [0.2, 0.25) is 0 Å². The molecule has 120 valence electrons. The molecule has 0 heterocycles. The minimum Gasteiger partial charge on any atom is -0.507 e. The van der Waals surface area contributed by atoms with Crippen molar-refractivity contribution in [1.29, 1.82) is 0 Å². The number of para-hydroxylation sites is 1. The summed E-state index contributed by atoms with van der Waals surface area (Å²) in [6.07, 6.45) is 3.12. The van der Waals surface area contributed by atoms with Crippen molar-refractivity contribution >= 4 is 12.4 Å². The third-order valence-corrected chi connectivity index (χ3v) is 2.97. The van der Waals surface area contributed by atoms with E-state index in [9.17, 15) is 5.11 Å². The summed E-state index contributed by atoms with van der Waals surface area (Å²) in [5, 5.41) is 17.6. The highest BCUT2D eigenvalue weighted by molar-refractivity contribution is 5.85. The lowest BCUT2D eigenvalue weighted by atomic mass is 10.2. The number of benzene rings is 2. The molecule has 0 aliphatic heterocycles. The first-order valence-electron chi connectivity index (χ1n) is 7.48. The van der Waals surface area contributed by atoms with Crippen molar-refractivity contribution in [3.8, 4) is 17.2 Å². The Morgan fingerprint density at radius 3 is 2.35 bits per heavy atom. The Kier molecular flexibility index (Phi) is 6.17. The predicted octanol–water partition coefficient (Wildman–Crippen LogP) is 3.64. The van der Waals surface area contributed by atoms with Gasteiger partial charge in [-0.1, -0.05) is 12.1 Å². The number of ether oxygens (including phenoxy) is 2. The lowest BCUT2D eigenvalue weighted by molar-refractivity contribution is 0.288. The van der Waals surface area contributed by atoms with E-state index in [1.165, 1.54) is 6.21 Å². The monoisotopic (exact) mass is 312 g/mol. The van der Waals surface area contributed by atoms with Crippen molar-refractivity contribution in [3.63, 3.8) is 0 Å². The van der Waals surface area contributed by atoms with Crippen molar-refractivity contribution in [1.82, 2.24) is 0 Å². The Hall–Kier alpha value is -2.82. The fourth-order valence-electron chi connectivity index (χ4n) is 1.94. The zero-order valence-electron chi connectivity index (χ0n) is 13.3.